The highest BCUT2D eigenvalue weighted by Gasteiger charge is 2.10. The van der Waals surface area contributed by atoms with E-state index in [1.54, 1.807) is 0 Å². The van der Waals surface area contributed by atoms with Crippen LogP contribution >= 0.6 is 0 Å². The first-order valence-electron chi connectivity index (χ1n) is 7.05. The second-order valence-electron chi connectivity index (χ2n) is 5.08. The van der Waals surface area contributed by atoms with Crippen molar-refractivity contribution in [2.24, 2.45) is 10.9 Å². The van der Waals surface area contributed by atoms with Crippen molar-refractivity contribution >= 4 is 5.87 Å². The van der Waals surface area contributed by atoms with Gasteiger partial charge in [-0.1, -0.05) is 38.5 Å². The van der Waals surface area contributed by atoms with Crippen molar-refractivity contribution in [2.45, 2.75) is 70.3 Å². The van der Waals surface area contributed by atoms with Crippen LogP contribution in [0.15, 0.2) is 11.6 Å². The molecule has 0 unspecified atom stereocenters. The van der Waals surface area contributed by atoms with Gasteiger partial charge in [-0.25, -0.2) is 4.99 Å². The average Bonchev–Trinajstić information content (AvgIpc) is 2.42. The highest BCUT2D eigenvalue weighted by molar-refractivity contribution is 5.46. The smallest absolute Gasteiger partial charge is 0.0593 e. The van der Waals surface area contributed by atoms with Gasteiger partial charge < -0.3 is 0 Å². The van der Waals surface area contributed by atoms with E-state index >= 15 is 0 Å². The molecule has 2 aliphatic rings. The zero-order valence-electron chi connectivity index (χ0n) is 11.0. The summed E-state index contributed by atoms with van der Waals surface area (Å²) in [6, 6.07) is 0.552. The van der Waals surface area contributed by atoms with Gasteiger partial charge in [0.15, 0.2) is 0 Å². The van der Waals surface area contributed by atoms with Crippen LogP contribution in [0.5, 0.6) is 0 Å². The molecule has 2 fully saturated rings. The van der Waals surface area contributed by atoms with Gasteiger partial charge in [0.1, 0.15) is 0 Å². The summed E-state index contributed by atoms with van der Waals surface area (Å²) in [6.07, 6.45) is 18.5. The third-order valence-corrected chi connectivity index (χ3v) is 3.69. The minimum absolute atomic E-state index is 0.552. The van der Waals surface area contributed by atoms with Crippen molar-refractivity contribution < 1.29 is 0 Å². The van der Waals surface area contributed by atoms with Gasteiger partial charge in [-0.15, -0.1) is 12.3 Å². The molecule has 94 valence electrons. The number of nitrogens with zero attached hydrogens (tertiary/aromatic N) is 1. The van der Waals surface area contributed by atoms with Gasteiger partial charge in [0.25, 0.3) is 0 Å². The molecule has 1 nitrogen and oxygen atoms in total. The lowest BCUT2D eigenvalue weighted by atomic mass is 9.90. The molecule has 0 amide bonds. The Bertz CT molecular complexity index is 268. The van der Waals surface area contributed by atoms with Crippen LogP contribution in [0.3, 0.4) is 0 Å². The van der Waals surface area contributed by atoms with Gasteiger partial charge in [-0.05, 0) is 38.1 Å². The van der Waals surface area contributed by atoms with Crippen LogP contribution in [0, 0.1) is 18.3 Å². The maximum absolute atomic E-state index is 5.25. The molecule has 2 rings (SSSR count). The Kier molecular flexibility index (Phi) is 7.52. The number of terminal acetylenes is 1. The van der Waals surface area contributed by atoms with E-state index in [4.69, 9.17) is 6.42 Å². The summed E-state index contributed by atoms with van der Waals surface area (Å²) in [4.78, 5) is 4.12. The predicted octanol–water partition coefficient (Wildman–Crippen LogP) is 4.37. The summed E-state index contributed by atoms with van der Waals surface area (Å²) in [5.41, 5.74) is 0. The highest BCUT2D eigenvalue weighted by atomic mass is 14.7. The molecule has 0 aromatic carbocycles. The molecule has 2 aliphatic carbocycles. The molecular formula is C16H25N. The lowest BCUT2D eigenvalue weighted by Gasteiger charge is -2.15. The molecule has 0 aromatic rings. The molecule has 0 aliphatic heterocycles. The van der Waals surface area contributed by atoms with Gasteiger partial charge in [0, 0.05) is 5.92 Å². The van der Waals surface area contributed by atoms with Crippen LogP contribution < -0.4 is 0 Å². The quantitative estimate of drug-likeness (QED) is 0.469. The van der Waals surface area contributed by atoms with Gasteiger partial charge in [0.2, 0.25) is 0 Å². The van der Waals surface area contributed by atoms with Crippen molar-refractivity contribution in [2.75, 3.05) is 0 Å². The van der Waals surface area contributed by atoms with Gasteiger partial charge in [-0.2, -0.15) is 0 Å². The normalized spacial score (nSPS) is 21.6. The van der Waals surface area contributed by atoms with Crippen molar-refractivity contribution in [3.05, 3.63) is 6.58 Å². The average molecular weight is 231 g/mol. The number of hydrogen-bond acceptors (Lipinski definition) is 1. The molecule has 0 bridgehead atoms. The fourth-order valence-corrected chi connectivity index (χ4v) is 2.61. The second kappa shape index (κ2) is 9.08. The molecule has 0 N–H and O–H groups in total. The van der Waals surface area contributed by atoms with Gasteiger partial charge >= 0.3 is 0 Å². The van der Waals surface area contributed by atoms with Crippen LogP contribution in [0.1, 0.15) is 64.2 Å². The van der Waals surface area contributed by atoms with E-state index in [2.05, 4.69) is 23.4 Å². The molecule has 0 atom stereocenters. The first-order chi connectivity index (χ1) is 8.36. The van der Waals surface area contributed by atoms with Crippen molar-refractivity contribution in [3.8, 4) is 12.3 Å². The second-order valence-corrected chi connectivity index (χ2v) is 5.08. The summed E-state index contributed by atoms with van der Waals surface area (Å²) in [7, 11) is 0. The molecule has 0 saturated heterocycles. The Labute approximate surface area is 106 Å². The molecule has 0 radical (unpaired) electrons. The van der Waals surface area contributed by atoms with Crippen molar-refractivity contribution in [1.29, 1.82) is 0 Å². The highest BCUT2D eigenvalue weighted by Crippen LogP contribution is 2.22. The summed E-state index contributed by atoms with van der Waals surface area (Å²) >= 11 is 0. The molecule has 0 spiro atoms. The summed E-state index contributed by atoms with van der Waals surface area (Å²) in [5.74, 6) is 6.03. The molecular weight excluding hydrogens is 206 g/mol. The van der Waals surface area contributed by atoms with Crippen LogP contribution in [-0.4, -0.2) is 11.9 Å². The topological polar surface area (TPSA) is 12.4 Å². The summed E-state index contributed by atoms with van der Waals surface area (Å²) in [6.45, 7) is 3.46. The van der Waals surface area contributed by atoms with E-state index in [0.29, 0.717) is 12.0 Å². The molecule has 17 heavy (non-hydrogen) atoms. The number of aliphatic imine (C=N–C) groups is 1. The van der Waals surface area contributed by atoms with E-state index < -0.39 is 0 Å². The fraction of sp³-hybridized carbons (Fsp3) is 0.750. The monoisotopic (exact) mass is 231 g/mol. The van der Waals surface area contributed by atoms with E-state index in [0.717, 1.165) is 0 Å². The molecule has 1 heteroatoms. The van der Waals surface area contributed by atoms with E-state index in [9.17, 15) is 0 Å². The van der Waals surface area contributed by atoms with Crippen LogP contribution in [0.25, 0.3) is 0 Å². The first kappa shape index (κ1) is 14.1. The van der Waals surface area contributed by atoms with E-state index in [-0.39, 0.29) is 0 Å². The summed E-state index contributed by atoms with van der Waals surface area (Å²) in [5, 5.41) is 0. The van der Waals surface area contributed by atoms with Crippen LogP contribution in [-0.2, 0) is 0 Å². The van der Waals surface area contributed by atoms with Crippen LogP contribution in [0.4, 0.5) is 0 Å². The lowest BCUT2D eigenvalue weighted by Crippen LogP contribution is -2.08. The summed E-state index contributed by atoms with van der Waals surface area (Å²) < 4.78 is 0. The third kappa shape index (κ3) is 6.35. The van der Waals surface area contributed by atoms with Crippen molar-refractivity contribution in [1.82, 2.24) is 0 Å². The number of hydrogen-bond donors (Lipinski definition) is 0. The molecule has 0 aromatic heterocycles. The first-order valence-corrected chi connectivity index (χ1v) is 7.05. The Balaban J connectivity index is 0.000000171. The minimum atomic E-state index is 0.552. The number of rotatable bonds is 1. The van der Waals surface area contributed by atoms with E-state index in [1.165, 1.54) is 64.2 Å². The standard InChI is InChI=1S/C8H13N.C8H12/c1-2-9-8-6-4-3-5-7-8;1-2-8-6-4-3-5-7-8/h8H,1,3-7H2;1,8H,3-7H2. The maximum Gasteiger partial charge on any atom is 0.0593 e. The third-order valence-electron chi connectivity index (χ3n) is 3.69. The largest absolute Gasteiger partial charge is 0.240 e. The Hall–Kier alpha value is -0.990. The van der Waals surface area contributed by atoms with Gasteiger partial charge in [0.05, 0.1) is 6.04 Å². The maximum atomic E-state index is 5.25. The van der Waals surface area contributed by atoms with Crippen molar-refractivity contribution in [3.63, 3.8) is 0 Å². The van der Waals surface area contributed by atoms with Gasteiger partial charge in [-0.3, -0.25) is 0 Å². The Morgan fingerprint density at radius 3 is 1.82 bits per heavy atom. The Morgan fingerprint density at radius 1 is 0.882 bits per heavy atom. The Morgan fingerprint density at radius 2 is 1.41 bits per heavy atom. The van der Waals surface area contributed by atoms with Crippen LogP contribution in [0.2, 0.25) is 0 Å². The SMILES string of the molecule is C#CC1CCCCC1.C=C=NC1CCCCC1. The predicted molar refractivity (Wildman–Crippen MR) is 75.3 cm³/mol. The zero-order chi connectivity index (χ0) is 12.3. The van der Waals surface area contributed by atoms with E-state index in [1.807, 2.05) is 0 Å². The fourth-order valence-electron chi connectivity index (χ4n) is 2.61. The zero-order valence-corrected chi connectivity index (χ0v) is 11.0. The molecule has 2 saturated carbocycles. The minimum Gasteiger partial charge on any atom is -0.240 e. The lowest BCUT2D eigenvalue weighted by molar-refractivity contribution is 0.430. The molecule has 0 heterocycles.